The summed E-state index contributed by atoms with van der Waals surface area (Å²) in [6.45, 7) is 8.82. The molecule has 1 N–H and O–H groups in total. The molecule has 1 aliphatic rings. The number of piperazine rings is 1. The molecule has 1 aromatic carbocycles. The van der Waals surface area contributed by atoms with Crippen molar-refractivity contribution in [3.63, 3.8) is 0 Å². The van der Waals surface area contributed by atoms with E-state index in [2.05, 4.69) is 36.2 Å². The molecule has 0 bridgehead atoms. The van der Waals surface area contributed by atoms with Crippen molar-refractivity contribution in [2.24, 2.45) is 5.92 Å². The Balaban J connectivity index is 2.24. The zero-order valence-corrected chi connectivity index (χ0v) is 13.1. The van der Waals surface area contributed by atoms with Gasteiger partial charge in [0.05, 0.1) is 0 Å². The second-order valence-corrected chi connectivity index (χ2v) is 6.51. The minimum absolute atomic E-state index is 0.415. The molecule has 1 atom stereocenters. The maximum Gasteiger partial charge on any atom is 0.0424 e. The van der Waals surface area contributed by atoms with Crippen LogP contribution in [0.15, 0.2) is 18.2 Å². The average molecular weight is 301 g/mol. The third-order valence-corrected chi connectivity index (χ3v) is 3.99. The molecule has 106 valence electrons. The van der Waals surface area contributed by atoms with E-state index in [9.17, 15) is 0 Å². The molecule has 0 unspecified atom stereocenters. The number of hydrogen-bond acceptors (Lipinski definition) is 2. The van der Waals surface area contributed by atoms with E-state index in [4.69, 9.17) is 23.2 Å². The molecule has 2 nitrogen and oxygen atoms in total. The Morgan fingerprint density at radius 2 is 1.68 bits per heavy atom. The molecule has 0 aromatic heterocycles. The van der Waals surface area contributed by atoms with Gasteiger partial charge in [-0.05, 0) is 36.1 Å². The average Bonchev–Trinajstić information content (AvgIpc) is 2.35. The van der Waals surface area contributed by atoms with Crippen molar-refractivity contribution >= 4 is 23.2 Å². The van der Waals surface area contributed by atoms with Crippen LogP contribution in [0.2, 0.25) is 10.0 Å². The first-order valence-corrected chi connectivity index (χ1v) is 7.72. The summed E-state index contributed by atoms with van der Waals surface area (Å²) in [5.74, 6) is 0.651. The van der Waals surface area contributed by atoms with Crippen molar-refractivity contribution in [1.82, 2.24) is 10.2 Å². The number of rotatable bonds is 4. The minimum atomic E-state index is 0.415. The molecule has 1 aromatic rings. The third-order valence-electron chi connectivity index (χ3n) is 3.56. The summed E-state index contributed by atoms with van der Waals surface area (Å²) in [6, 6.07) is 6.33. The van der Waals surface area contributed by atoms with Gasteiger partial charge in [0.25, 0.3) is 0 Å². The lowest BCUT2D eigenvalue weighted by Gasteiger charge is -2.36. The largest absolute Gasteiger partial charge is 0.314 e. The van der Waals surface area contributed by atoms with Gasteiger partial charge in [-0.3, -0.25) is 4.90 Å². The van der Waals surface area contributed by atoms with Gasteiger partial charge >= 0.3 is 0 Å². The first kappa shape index (κ1) is 15.1. The topological polar surface area (TPSA) is 15.3 Å². The van der Waals surface area contributed by atoms with Crippen molar-refractivity contribution < 1.29 is 0 Å². The van der Waals surface area contributed by atoms with Gasteiger partial charge in [0.2, 0.25) is 0 Å². The van der Waals surface area contributed by atoms with Gasteiger partial charge < -0.3 is 5.32 Å². The number of hydrogen-bond donors (Lipinski definition) is 1. The SMILES string of the molecule is CC(C)C[C@@H](c1cc(Cl)cc(Cl)c1)N1CCNCC1. The predicted molar refractivity (Wildman–Crippen MR) is 83.1 cm³/mol. The molecule has 1 heterocycles. The van der Waals surface area contributed by atoms with E-state index in [1.165, 1.54) is 5.56 Å². The maximum absolute atomic E-state index is 6.15. The van der Waals surface area contributed by atoms with E-state index in [1.807, 2.05) is 0 Å². The molecule has 0 saturated carbocycles. The molecular formula is C15H22Cl2N2. The van der Waals surface area contributed by atoms with E-state index in [0.717, 1.165) is 42.6 Å². The van der Waals surface area contributed by atoms with Crippen molar-refractivity contribution in [1.29, 1.82) is 0 Å². The van der Waals surface area contributed by atoms with E-state index < -0.39 is 0 Å². The van der Waals surface area contributed by atoms with Crippen LogP contribution in [0.4, 0.5) is 0 Å². The van der Waals surface area contributed by atoms with Gasteiger partial charge in [-0.1, -0.05) is 37.0 Å². The van der Waals surface area contributed by atoms with Crippen molar-refractivity contribution in [3.05, 3.63) is 33.8 Å². The van der Waals surface area contributed by atoms with Crippen molar-refractivity contribution in [2.75, 3.05) is 26.2 Å². The normalized spacial score (nSPS) is 18.8. The number of benzene rings is 1. The maximum atomic E-state index is 6.15. The fraction of sp³-hybridized carbons (Fsp3) is 0.600. The molecule has 0 aliphatic carbocycles. The van der Waals surface area contributed by atoms with Gasteiger partial charge in [0.15, 0.2) is 0 Å². The zero-order chi connectivity index (χ0) is 13.8. The minimum Gasteiger partial charge on any atom is -0.314 e. The standard InChI is InChI=1S/C15H22Cl2N2/c1-11(2)7-15(19-5-3-18-4-6-19)12-8-13(16)10-14(17)9-12/h8-11,15,18H,3-7H2,1-2H3/t15-/m0/s1. The quantitative estimate of drug-likeness (QED) is 0.904. The lowest BCUT2D eigenvalue weighted by Crippen LogP contribution is -2.45. The van der Waals surface area contributed by atoms with Gasteiger partial charge in [-0.25, -0.2) is 0 Å². The number of nitrogens with zero attached hydrogens (tertiary/aromatic N) is 1. The van der Waals surface area contributed by atoms with E-state index in [-0.39, 0.29) is 0 Å². The fourth-order valence-corrected chi connectivity index (χ4v) is 3.25. The number of nitrogens with one attached hydrogen (secondary N) is 1. The van der Waals surface area contributed by atoms with Crippen LogP contribution in [0.1, 0.15) is 31.9 Å². The van der Waals surface area contributed by atoms with Crippen LogP contribution in [0.5, 0.6) is 0 Å². The Bertz CT molecular complexity index is 394. The molecule has 1 saturated heterocycles. The van der Waals surface area contributed by atoms with Crippen LogP contribution >= 0.6 is 23.2 Å². The first-order valence-electron chi connectivity index (χ1n) is 6.97. The van der Waals surface area contributed by atoms with E-state index in [0.29, 0.717) is 12.0 Å². The molecule has 0 amide bonds. The lowest BCUT2D eigenvalue weighted by molar-refractivity contribution is 0.154. The third kappa shape index (κ3) is 4.35. The Morgan fingerprint density at radius 3 is 2.21 bits per heavy atom. The molecule has 2 rings (SSSR count). The molecule has 19 heavy (non-hydrogen) atoms. The summed E-state index contributed by atoms with van der Waals surface area (Å²) < 4.78 is 0. The second kappa shape index (κ2) is 6.94. The molecule has 0 radical (unpaired) electrons. The molecule has 0 spiro atoms. The number of halogens is 2. The highest BCUT2D eigenvalue weighted by atomic mass is 35.5. The Labute approximate surface area is 126 Å². The van der Waals surface area contributed by atoms with Crippen LogP contribution in [0, 0.1) is 5.92 Å². The monoisotopic (exact) mass is 300 g/mol. The summed E-state index contributed by atoms with van der Waals surface area (Å²) >= 11 is 12.3. The van der Waals surface area contributed by atoms with Gasteiger partial charge in [-0.15, -0.1) is 0 Å². The predicted octanol–water partition coefficient (Wildman–Crippen LogP) is 3.99. The summed E-state index contributed by atoms with van der Waals surface area (Å²) in [6.07, 6.45) is 1.14. The summed E-state index contributed by atoms with van der Waals surface area (Å²) in [7, 11) is 0. The first-order chi connectivity index (χ1) is 9.06. The Kier molecular flexibility index (Phi) is 5.52. The molecule has 4 heteroatoms. The van der Waals surface area contributed by atoms with Crippen LogP contribution in [0.25, 0.3) is 0 Å². The van der Waals surface area contributed by atoms with Crippen LogP contribution in [-0.4, -0.2) is 31.1 Å². The Hall–Kier alpha value is -0.280. The Morgan fingerprint density at radius 1 is 1.11 bits per heavy atom. The summed E-state index contributed by atoms with van der Waals surface area (Å²) in [5, 5.41) is 4.86. The highest BCUT2D eigenvalue weighted by Gasteiger charge is 2.23. The molecule has 1 fully saturated rings. The van der Waals surface area contributed by atoms with Crippen molar-refractivity contribution in [3.8, 4) is 0 Å². The molecule has 1 aliphatic heterocycles. The van der Waals surface area contributed by atoms with Gasteiger partial charge in [0, 0.05) is 42.3 Å². The van der Waals surface area contributed by atoms with Crippen LogP contribution < -0.4 is 5.32 Å². The highest BCUT2D eigenvalue weighted by Crippen LogP contribution is 2.31. The van der Waals surface area contributed by atoms with Crippen LogP contribution in [-0.2, 0) is 0 Å². The lowest BCUT2D eigenvalue weighted by atomic mass is 9.95. The highest BCUT2D eigenvalue weighted by molar-refractivity contribution is 6.34. The molecular weight excluding hydrogens is 279 g/mol. The van der Waals surface area contributed by atoms with Gasteiger partial charge in [0.1, 0.15) is 0 Å². The summed E-state index contributed by atoms with van der Waals surface area (Å²) in [4.78, 5) is 2.54. The van der Waals surface area contributed by atoms with Crippen molar-refractivity contribution in [2.45, 2.75) is 26.3 Å². The zero-order valence-electron chi connectivity index (χ0n) is 11.6. The van der Waals surface area contributed by atoms with Gasteiger partial charge in [-0.2, -0.15) is 0 Å². The summed E-state index contributed by atoms with van der Waals surface area (Å²) in [5.41, 5.74) is 1.24. The second-order valence-electron chi connectivity index (χ2n) is 5.63. The fourth-order valence-electron chi connectivity index (χ4n) is 2.70. The smallest absolute Gasteiger partial charge is 0.0424 e. The van der Waals surface area contributed by atoms with E-state index in [1.54, 1.807) is 6.07 Å². The van der Waals surface area contributed by atoms with E-state index >= 15 is 0 Å². The van der Waals surface area contributed by atoms with Crippen LogP contribution in [0.3, 0.4) is 0 Å².